The molecule has 3 heterocycles. The number of hydrogen-bond donors (Lipinski definition) is 3. The lowest BCUT2D eigenvalue weighted by Gasteiger charge is -2.34. The van der Waals surface area contributed by atoms with E-state index < -0.39 is 18.5 Å². The molecule has 2 aromatic heterocycles. The van der Waals surface area contributed by atoms with Gasteiger partial charge in [-0.15, -0.1) is 11.3 Å². The van der Waals surface area contributed by atoms with Crippen molar-refractivity contribution < 1.29 is 24.5 Å². The number of ether oxygens (including phenoxy) is 1. The molecule has 10 heteroatoms. The summed E-state index contributed by atoms with van der Waals surface area (Å²) in [6, 6.07) is 9.80. The summed E-state index contributed by atoms with van der Waals surface area (Å²) in [5.41, 5.74) is 2.32. The Morgan fingerprint density at radius 3 is 2.58 bits per heavy atom. The highest BCUT2D eigenvalue weighted by atomic mass is 32.1. The topological polar surface area (TPSA) is 125 Å². The number of rotatable bonds is 8. The molecule has 0 aliphatic carbocycles. The Morgan fingerprint density at radius 2 is 1.91 bits per heavy atom. The van der Waals surface area contributed by atoms with Gasteiger partial charge in [-0.1, -0.05) is 12.1 Å². The van der Waals surface area contributed by atoms with Crippen LogP contribution in [0.25, 0.3) is 10.4 Å². The van der Waals surface area contributed by atoms with Crippen LogP contribution in [0.2, 0.25) is 0 Å². The fraction of sp³-hybridized carbons (Fsp3) is 0.304. The van der Waals surface area contributed by atoms with E-state index in [1.807, 2.05) is 24.3 Å². The average molecular weight is 469 g/mol. The number of carboxylic acids is 2. The molecule has 1 fully saturated rings. The number of aromatic carboxylic acids is 1. The van der Waals surface area contributed by atoms with Crippen molar-refractivity contribution in [3.05, 3.63) is 53.2 Å². The van der Waals surface area contributed by atoms with Gasteiger partial charge >= 0.3 is 11.9 Å². The number of anilines is 2. The summed E-state index contributed by atoms with van der Waals surface area (Å²) in [4.78, 5) is 34.5. The molecule has 0 radical (unpaired) electrons. The maximum Gasteiger partial charge on any atom is 0.349 e. The Balaban J connectivity index is 1.76. The van der Waals surface area contributed by atoms with Crippen molar-refractivity contribution in [1.82, 2.24) is 15.3 Å². The zero-order valence-electron chi connectivity index (χ0n) is 18.0. The van der Waals surface area contributed by atoms with E-state index in [0.717, 1.165) is 48.5 Å². The first-order chi connectivity index (χ1) is 16.0. The van der Waals surface area contributed by atoms with Gasteiger partial charge in [0, 0.05) is 34.6 Å². The van der Waals surface area contributed by atoms with E-state index in [1.165, 1.54) is 0 Å². The van der Waals surface area contributed by atoms with Crippen LogP contribution in [-0.4, -0.2) is 57.9 Å². The third-order valence-corrected chi connectivity index (χ3v) is 6.76. The van der Waals surface area contributed by atoms with Crippen molar-refractivity contribution >= 4 is 34.9 Å². The predicted octanol–water partition coefficient (Wildman–Crippen LogP) is 3.57. The fourth-order valence-corrected chi connectivity index (χ4v) is 5.08. The van der Waals surface area contributed by atoms with Gasteiger partial charge in [0.25, 0.3) is 0 Å². The third kappa shape index (κ3) is 4.96. The molecule has 3 N–H and O–H groups in total. The van der Waals surface area contributed by atoms with Crippen molar-refractivity contribution in [3.63, 3.8) is 0 Å². The number of nitrogens with one attached hydrogen (secondary N) is 1. The molecule has 9 nitrogen and oxygen atoms in total. The lowest BCUT2D eigenvalue weighted by atomic mass is 10.0. The van der Waals surface area contributed by atoms with E-state index in [0.29, 0.717) is 16.4 Å². The predicted molar refractivity (Wildman–Crippen MR) is 125 cm³/mol. The molecular weight excluding hydrogens is 444 g/mol. The lowest BCUT2D eigenvalue weighted by Crippen LogP contribution is -2.41. The van der Waals surface area contributed by atoms with Crippen molar-refractivity contribution in [3.8, 4) is 16.2 Å². The zero-order valence-corrected chi connectivity index (χ0v) is 18.8. The molecule has 172 valence electrons. The van der Waals surface area contributed by atoms with E-state index in [9.17, 15) is 14.7 Å². The molecule has 1 aliphatic rings. The first kappa shape index (κ1) is 22.7. The van der Waals surface area contributed by atoms with Gasteiger partial charge in [0.15, 0.2) is 11.5 Å². The van der Waals surface area contributed by atoms with E-state index in [1.54, 1.807) is 25.4 Å². The highest BCUT2D eigenvalue weighted by Crippen LogP contribution is 2.42. The second-order valence-electron chi connectivity index (χ2n) is 7.65. The van der Waals surface area contributed by atoms with E-state index in [4.69, 9.17) is 9.84 Å². The number of piperidine rings is 1. The fourth-order valence-electron chi connectivity index (χ4n) is 3.99. The number of carboxylic acid groups (broad SMARTS) is 2. The molecule has 0 atom stereocenters. The van der Waals surface area contributed by atoms with Crippen LogP contribution >= 0.6 is 11.3 Å². The minimum atomic E-state index is -1.17. The van der Waals surface area contributed by atoms with Gasteiger partial charge in [-0.25, -0.2) is 19.6 Å². The van der Waals surface area contributed by atoms with Crippen LogP contribution < -0.4 is 15.0 Å². The molecule has 1 aromatic carbocycles. The summed E-state index contributed by atoms with van der Waals surface area (Å²) >= 11 is 1.07. The Hall–Kier alpha value is -3.50. The summed E-state index contributed by atoms with van der Waals surface area (Å²) in [6.07, 6.45) is 5.32. The van der Waals surface area contributed by atoms with Gasteiger partial charge in [0.1, 0.15) is 5.75 Å². The van der Waals surface area contributed by atoms with E-state index in [2.05, 4.69) is 20.2 Å². The summed E-state index contributed by atoms with van der Waals surface area (Å²) in [7, 11) is 0. The summed E-state index contributed by atoms with van der Waals surface area (Å²) in [5.74, 6) is -1.61. The molecule has 33 heavy (non-hydrogen) atoms. The van der Waals surface area contributed by atoms with Crippen molar-refractivity contribution in [1.29, 1.82) is 0 Å². The maximum absolute atomic E-state index is 11.8. The second-order valence-corrected chi connectivity index (χ2v) is 8.67. The number of hydrogen-bond acceptors (Lipinski definition) is 8. The highest BCUT2D eigenvalue weighted by molar-refractivity contribution is 7.18. The quantitative estimate of drug-likeness (QED) is 0.455. The number of carbonyl (C=O) groups is 2. The Morgan fingerprint density at radius 1 is 1.18 bits per heavy atom. The first-order valence-corrected chi connectivity index (χ1v) is 11.4. The molecule has 1 aliphatic heterocycles. The van der Waals surface area contributed by atoms with Crippen LogP contribution in [-0.2, 0) is 4.79 Å². The Bertz CT molecular complexity index is 1150. The van der Waals surface area contributed by atoms with Gasteiger partial charge in [0.2, 0.25) is 5.95 Å². The van der Waals surface area contributed by atoms with Gasteiger partial charge < -0.3 is 25.2 Å². The van der Waals surface area contributed by atoms with Gasteiger partial charge in [0.05, 0.1) is 0 Å². The number of nitrogens with zero attached hydrogens (tertiary/aromatic N) is 3. The number of benzene rings is 1. The standard InChI is InChI=1S/C23H24N4O5S/c1-14-19(32-13-18(28)29)21(22(30)31)33-20(14)15-4-2-5-17(12-15)27(16-6-10-24-11-7-16)23-25-8-3-9-26-23/h2-5,8-9,12,16,24H,6-7,10-11,13H2,1H3,(H,28,29)(H,30,31). The normalized spacial score (nSPS) is 14.1. The third-order valence-electron chi connectivity index (χ3n) is 5.45. The Kier molecular flexibility index (Phi) is 6.85. The number of thiophene rings is 1. The smallest absolute Gasteiger partial charge is 0.349 e. The zero-order chi connectivity index (χ0) is 23.4. The highest BCUT2D eigenvalue weighted by Gasteiger charge is 2.27. The van der Waals surface area contributed by atoms with Crippen molar-refractivity contribution in [2.24, 2.45) is 0 Å². The summed E-state index contributed by atoms with van der Waals surface area (Å²) in [5, 5.41) is 22.0. The molecule has 0 amide bonds. The molecule has 0 bridgehead atoms. The SMILES string of the molecule is Cc1c(-c2cccc(N(c3ncccn3)C3CCNCC3)c2)sc(C(=O)O)c1OCC(=O)O. The van der Waals surface area contributed by atoms with Crippen molar-refractivity contribution in [2.75, 3.05) is 24.6 Å². The van der Waals surface area contributed by atoms with Crippen LogP contribution in [0.1, 0.15) is 28.1 Å². The molecule has 0 spiro atoms. The monoisotopic (exact) mass is 468 g/mol. The minimum Gasteiger partial charge on any atom is -0.480 e. The molecular formula is C23H24N4O5S. The van der Waals surface area contributed by atoms with Gasteiger partial charge in [-0.3, -0.25) is 0 Å². The second kappa shape index (κ2) is 9.97. The van der Waals surface area contributed by atoms with Crippen molar-refractivity contribution in [2.45, 2.75) is 25.8 Å². The average Bonchev–Trinajstić information content (AvgIpc) is 3.16. The van der Waals surface area contributed by atoms with Crippen LogP contribution in [0.4, 0.5) is 11.6 Å². The molecule has 0 unspecified atom stereocenters. The van der Waals surface area contributed by atoms with Crippen LogP contribution in [0.15, 0.2) is 42.7 Å². The van der Waals surface area contributed by atoms with Crippen LogP contribution in [0, 0.1) is 6.92 Å². The first-order valence-electron chi connectivity index (χ1n) is 10.5. The number of aromatic nitrogens is 2. The lowest BCUT2D eigenvalue weighted by molar-refractivity contribution is -0.139. The molecule has 1 saturated heterocycles. The van der Waals surface area contributed by atoms with Gasteiger partial charge in [-0.05, 0) is 56.6 Å². The summed E-state index contributed by atoms with van der Waals surface area (Å²) in [6.45, 7) is 2.95. The molecule has 0 saturated carbocycles. The minimum absolute atomic E-state index is 0.0178. The maximum atomic E-state index is 11.8. The van der Waals surface area contributed by atoms with Crippen LogP contribution in [0.3, 0.4) is 0 Å². The summed E-state index contributed by atoms with van der Waals surface area (Å²) < 4.78 is 5.33. The number of aliphatic carboxylic acids is 1. The molecule has 3 aromatic rings. The largest absolute Gasteiger partial charge is 0.480 e. The van der Waals surface area contributed by atoms with E-state index in [-0.39, 0.29) is 16.7 Å². The van der Waals surface area contributed by atoms with Gasteiger partial charge in [-0.2, -0.15) is 0 Å². The van der Waals surface area contributed by atoms with Crippen LogP contribution in [0.5, 0.6) is 5.75 Å². The Labute approximate surface area is 194 Å². The van der Waals surface area contributed by atoms with E-state index >= 15 is 0 Å². The molecule has 4 rings (SSSR count).